The molecule has 82 valence electrons. The van der Waals surface area contributed by atoms with Crippen LogP contribution in [0.4, 0.5) is 0 Å². The lowest BCUT2D eigenvalue weighted by Gasteiger charge is -2.03. The summed E-state index contributed by atoms with van der Waals surface area (Å²) in [6, 6.07) is 5.70. The Balaban J connectivity index is 2.79. The molecule has 0 bridgehead atoms. The second-order valence-corrected chi connectivity index (χ2v) is 3.24. The maximum Gasteiger partial charge on any atom is 0.354 e. The minimum Gasteiger partial charge on any atom is -0.507 e. The fraction of sp³-hybridized carbons (Fsp3) is 0.0909. The lowest BCUT2D eigenvalue weighted by molar-refractivity contribution is 0.0594. The summed E-state index contributed by atoms with van der Waals surface area (Å²) in [6.45, 7) is 0. The second kappa shape index (κ2) is 3.69. The van der Waals surface area contributed by atoms with Gasteiger partial charge < -0.3 is 14.8 Å². The highest BCUT2D eigenvalue weighted by Crippen LogP contribution is 2.19. The molecule has 0 saturated heterocycles. The Bertz CT molecular complexity index is 615. The summed E-state index contributed by atoms with van der Waals surface area (Å²) in [6.07, 6.45) is 0. The third-order valence-corrected chi connectivity index (χ3v) is 2.24. The van der Waals surface area contributed by atoms with Gasteiger partial charge in [0.15, 0.2) is 5.43 Å². The molecule has 1 heterocycles. The molecular formula is C11H9NO4. The van der Waals surface area contributed by atoms with Gasteiger partial charge in [-0.25, -0.2) is 4.79 Å². The van der Waals surface area contributed by atoms with E-state index < -0.39 is 11.4 Å². The molecule has 5 nitrogen and oxygen atoms in total. The number of nitrogens with one attached hydrogen (secondary N) is 1. The van der Waals surface area contributed by atoms with E-state index in [1.54, 1.807) is 12.1 Å². The van der Waals surface area contributed by atoms with E-state index in [-0.39, 0.29) is 16.8 Å². The minimum atomic E-state index is -0.623. The third-order valence-electron chi connectivity index (χ3n) is 2.24. The van der Waals surface area contributed by atoms with Gasteiger partial charge in [-0.1, -0.05) is 6.07 Å². The van der Waals surface area contributed by atoms with Crippen molar-refractivity contribution in [3.63, 3.8) is 0 Å². The molecule has 0 fully saturated rings. The van der Waals surface area contributed by atoms with Crippen LogP contribution < -0.4 is 5.43 Å². The third kappa shape index (κ3) is 1.52. The van der Waals surface area contributed by atoms with E-state index in [0.717, 1.165) is 6.07 Å². The molecule has 0 radical (unpaired) electrons. The van der Waals surface area contributed by atoms with E-state index >= 15 is 0 Å². The number of fused-ring (bicyclic) bond motifs is 1. The standard InChI is InChI=1S/C11H9NO4/c1-16-11(15)7-5-9(14)10-6(12-7)3-2-4-8(10)13/h2-5,13H,1H3,(H,12,14). The van der Waals surface area contributed by atoms with Crippen molar-refractivity contribution in [1.82, 2.24) is 4.98 Å². The predicted molar refractivity (Wildman–Crippen MR) is 57.6 cm³/mol. The van der Waals surface area contributed by atoms with Crippen LogP contribution in [0.15, 0.2) is 29.1 Å². The second-order valence-electron chi connectivity index (χ2n) is 3.24. The van der Waals surface area contributed by atoms with Crippen LogP contribution in [0.25, 0.3) is 10.9 Å². The number of hydrogen-bond donors (Lipinski definition) is 2. The molecule has 0 amide bonds. The fourth-order valence-electron chi connectivity index (χ4n) is 1.51. The van der Waals surface area contributed by atoms with E-state index in [1.807, 2.05) is 0 Å². The first-order valence-corrected chi connectivity index (χ1v) is 4.57. The highest BCUT2D eigenvalue weighted by atomic mass is 16.5. The quantitative estimate of drug-likeness (QED) is 0.702. The molecule has 1 aromatic carbocycles. The molecule has 1 aromatic heterocycles. The highest BCUT2D eigenvalue weighted by molar-refractivity contribution is 5.92. The van der Waals surface area contributed by atoms with Gasteiger partial charge in [0.1, 0.15) is 11.4 Å². The zero-order valence-corrected chi connectivity index (χ0v) is 8.48. The minimum absolute atomic E-state index is 0.0607. The highest BCUT2D eigenvalue weighted by Gasteiger charge is 2.11. The molecule has 5 heteroatoms. The number of carbonyl (C=O) groups is 1. The van der Waals surface area contributed by atoms with Crippen LogP contribution in [0.1, 0.15) is 10.5 Å². The number of phenols is 1. The van der Waals surface area contributed by atoms with Gasteiger partial charge in [-0.05, 0) is 12.1 Å². The van der Waals surface area contributed by atoms with Gasteiger partial charge in [0.05, 0.1) is 18.0 Å². The molecule has 0 saturated carbocycles. The van der Waals surface area contributed by atoms with Gasteiger partial charge in [0.2, 0.25) is 0 Å². The zero-order valence-electron chi connectivity index (χ0n) is 8.48. The van der Waals surface area contributed by atoms with Crippen LogP contribution in [0.5, 0.6) is 5.75 Å². The van der Waals surface area contributed by atoms with Crippen molar-refractivity contribution in [3.05, 3.63) is 40.2 Å². The van der Waals surface area contributed by atoms with Crippen molar-refractivity contribution in [2.75, 3.05) is 7.11 Å². The number of rotatable bonds is 1. The largest absolute Gasteiger partial charge is 0.507 e. The first-order valence-electron chi connectivity index (χ1n) is 4.57. The zero-order chi connectivity index (χ0) is 11.7. The number of pyridine rings is 1. The summed E-state index contributed by atoms with van der Waals surface area (Å²) in [5.74, 6) is -0.738. The molecular weight excluding hydrogens is 210 g/mol. The average Bonchev–Trinajstić information content (AvgIpc) is 2.27. The van der Waals surface area contributed by atoms with E-state index in [0.29, 0.717) is 5.52 Å². The fourth-order valence-corrected chi connectivity index (χ4v) is 1.51. The monoisotopic (exact) mass is 219 g/mol. The lowest BCUT2D eigenvalue weighted by Crippen LogP contribution is -2.11. The van der Waals surface area contributed by atoms with Crippen LogP contribution in [0.2, 0.25) is 0 Å². The molecule has 0 aliphatic heterocycles. The molecule has 2 N–H and O–H groups in total. The van der Waals surface area contributed by atoms with Crippen molar-refractivity contribution in [1.29, 1.82) is 0 Å². The van der Waals surface area contributed by atoms with Crippen LogP contribution in [-0.2, 0) is 4.74 Å². The van der Waals surface area contributed by atoms with Crippen molar-refractivity contribution < 1.29 is 14.6 Å². The number of methoxy groups -OCH3 is 1. The number of benzene rings is 1. The number of H-pyrrole nitrogens is 1. The summed E-state index contributed by atoms with van der Waals surface area (Å²) >= 11 is 0. The van der Waals surface area contributed by atoms with Crippen molar-refractivity contribution >= 4 is 16.9 Å². The van der Waals surface area contributed by atoms with Gasteiger partial charge in [0.25, 0.3) is 0 Å². The Morgan fingerprint density at radius 2 is 2.19 bits per heavy atom. The Kier molecular flexibility index (Phi) is 2.36. The normalized spacial score (nSPS) is 10.3. The lowest BCUT2D eigenvalue weighted by atomic mass is 10.2. The van der Waals surface area contributed by atoms with Gasteiger partial charge in [-0.2, -0.15) is 0 Å². The Hall–Kier alpha value is -2.30. The molecule has 0 unspecified atom stereocenters. The number of hydrogen-bond acceptors (Lipinski definition) is 4. The number of esters is 1. The Labute approximate surface area is 90.3 Å². The van der Waals surface area contributed by atoms with Crippen LogP contribution >= 0.6 is 0 Å². The van der Waals surface area contributed by atoms with E-state index in [2.05, 4.69) is 9.72 Å². The number of carbonyl (C=O) groups excluding carboxylic acids is 1. The van der Waals surface area contributed by atoms with E-state index in [9.17, 15) is 14.7 Å². The first kappa shape index (κ1) is 10.2. The van der Waals surface area contributed by atoms with Gasteiger partial charge in [-0.3, -0.25) is 4.79 Å². The molecule has 0 aliphatic rings. The Morgan fingerprint density at radius 1 is 1.44 bits per heavy atom. The number of aromatic amines is 1. The topological polar surface area (TPSA) is 79.4 Å². The smallest absolute Gasteiger partial charge is 0.354 e. The molecule has 0 aliphatic carbocycles. The molecule has 16 heavy (non-hydrogen) atoms. The summed E-state index contributed by atoms with van der Waals surface area (Å²) < 4.78 is 4.50. The van der Waals surface area contributed by atoms with Gasteiger partial charge in [-0.15, -0.1) is 0 Å². The summed E-state index contributed by atoms with van der Waals surface area (Å²) in [4.78, 5) is 25.6. The average molecular weight is 219 g/mol. The molecule has 2 aromatic rings. The maximum atomic E-state index is 11.7. The summed E-state index contributed by atoms with van der Waals surface area (Å²) in [7, 11) is 1.23. The van der Waals surface area contributed by atoms with Crippen molar-refractivity contribution in [2.24, 2.45) is 0 Å². The molecule has 0 atom stereocenters. The van der Waals surface area contributed by atoms with Gasteiger partial charge in [0, 0.05) is 6.07 Å². The van der Waals surface area contributed by atoms with Crippen molar-refractivity contribution in [3.8, 4) is 5.75 Å². The summed E-state index contributed by atoms with van der Waals surface area (Å²) in [5.41, 5.74) is 0.0331. The number of aromatic hydroxyl groups is 1. The van der Waals surface area contributed by atoms with Crippen molar-refractivity contribution in [2.45, 2.75) is 0 Å². The predicted octanol–water partition coefficient (Wildman–Crippen LogP) is 1.02. The number of aromatic nitrogens is 1. The molecule has 0 spiro atoms. The van der Waals surface area contributed by atoms with E-state index in [4.69, 9.17) is 0 Å². The maximum absolute atomic E-state index is 11.7. The van der Waals surface area contributed by atoms with Crippen LogP contribution in [0, 0.1) is 0 Å². The summed E-state index contributed by atoms with van der Waals surface area (Å²) in [5, 5.41) is 9.66. The van der Waals surface area contributed by atoms with Crippen LogP contribution in [-0.4, -0.2) is 23.2 Å². The first-order chi connectivity index (χ1) is 7.63. The van der Waals surface area contributed by atoms with E-state index in [1.165, 1.54) is 13.2 Å². The van der Waals surface area contributed by atoms with Gasteiger partial charge >= 0.3 is 5.97 Å². The van der Waals surface area contributed by atoms with Crippen LogP contribution in [0.3, 0.4) is 0 Å². The number of ether oxygens (including phenoxy) is 1. The SMILES string of the molecule is COC(=O)c1cc(=O)c2c(O)cccc2[nH]1. The molecule has 2 rings (SSSR count). The number of phenolic OH excluding ortho intramolecular Hbond substituents is 1. The Morgan fingerprint density at radius 3 is 2.88 bits per heavy atom.